The minimum absolute atomic E-state index is 0.135. The van der Waals surface area contributed by atoms with Crippen molar-refractivity contribution in [1.29, 1.82) is 0 Å². The summed E-state index contributed by atoms with van der Waals surface area (Å²) < 4.78 is 0. The number of nitrogens with one attached hydrogen (secondary N) is 1. The molecular formula is C9H13N3O. The first-order valence-corrected chi connectivity index (χ1v) is 4.11. The number of aliphatic hydroxyl groups is 1. The van der Waals surface area contributed by atoms with Gasteiger partial charge in [-0.15, -0.1) is 0 Å². The molecule has 0 aromatic heterocycles. The summed E-state index contributed by atoms with van der Waals surface area (Å²) in [6.45, 7) is 0.699. The molecule has 2 N–H and O–H groups in total. The molecule has 0 heterocycles. The normalized spacial score (nSPS) is 10.6. The third-order valence-electron chi connectivity index (χ3n) is 1.52. The van der Waals surface area contributed by atoms with E-state index in [0.29, 0.717) is 6.54 Å². The molecular weight excluding hydrogens is 166 g/mol. The fourth-order valence-electron chi connectivity index (χ4n) is 0.962. The summed E-state index contributed by atoms with van der Waals surface area (Å²) in [5.41, 5.74) is 1.81. The first kappa shape index (κ1) is 9.67. The maximum Gasteiger partial charge on any atom is 0.0853 e. The molecule has 4 nitrogen and oxygen atoms in total. The lowest BCUT2D eigenvalue weighted by atomic mass is 10.3. The third-order valence-corrected chi connectivity index (χ3v) is 1.52. The highest BCUT2D eigenvalue weighted by atomic mass is 16.3. The number of nitrogens with zero attached hydrogens (tertiary/aromatic N) is 2. The highest BCUT2D eigenvalue weighted by Crippen LogP contribution is 2.15. The first-order chi connectivity index (χ1) is 6.36. The Labute approximate surface area is 77.3 Å². The maximum absolute atomic E-state index is 8.57. The summed E-state index contributed by atoms with van der Waals surface area (Å²) in [5.74, 6) is 0. The van der Waals surface area contributed by atoms with E-state index in [-0.39, 0.29) is 6.61 Å². The van der Waals surface area contributed by atoms with Crippen molar-refractivity contribution in [3.8, 4) is 0 Å². The summed E-state index contributed by atoms with van der Waals surface area (Å²) in [7, 11) is 1.64. The van der Waals surface area contributed by atoms with E-state index in [1.165, 1.54) is 0 Å². The molecule has 0 atom stereocenters. The smallest absolute Gasteiger partial charge is 0.0853 e. The van der Waals surface area contributed by atoms with Gasteiger partial charge in [0, 0.05) is 19.3 Å². The van der Waals surface area contributed by atoms with Crippen molar-refractivity contribution in [2.45, 2.75) is 0 Å². The monoisotopic (exact) mass is 179 g/mol. The van der Waals surface area contributed by atoms with Crippen molar-refractivity contribution in [2.24, 2.45) is 10.2 Å². The zero-order chi connectivity index (χ0) is 9.52. The fourth-order valence-corrected chi connectivity index (χ4v) is 0.962. The molecule has 1 rings (SSSR count). The van der Waals surface area contributed by atoms with E-state index >= 15 is 0 Å². The minimum Gasteiger partial charge on any atom is -0.395 e. The van der Waals surface area contributed by atoms with Gasteiger partial charge in [0.1, 0.15) is 0 Å². The first-order valence-electron chi connectivity index (χ1n) is 4.11. The highest BCUT2D eigenvalue weighted by molar-refractivity contribution is 5.50. The molecule has 0 saturated carbocycles. The lowest BCUT2D eigenvalue weighted by Crippen LogP contribution is -2.04. The number of aliphatic hydroxyl groups excluding tert-OH is 1. The van der Waals surface area contributed by atoms with Gasteiger partial charge in [0.05, 0.1) is 12.3 Å². The van der Waals surface area contributed by atoms with Crippen molar-refractivity contribution >= 4 is 11.4 Å². The van der Waals surface area contributed by atoms with Crippen LogP contribution >= 0.6 is 0 Å². The van der Waals surface area contributed by atoms with Crippen molar-refractivity contribution in [3.63, 3.8) is 0 Å². The zero-order valence-corrected chi connectivity index (χ0v) is 7.57. The van der Waals surface area contributed by atoms with Gasteiger partial charge in [-0.25, -0.2) is 0 Å². The van der Waals surface area contributed by atoms with Gasteiger partial charge < -0.3 is 10.4 Å². The molecule has 0 aliphatic carbocycles. The molecule has 0 aliphatic rings. The Bertz CT molecular complexity index is 269. The Morgan fingerprint density at radius 3 is 2.54 bits per heavy atom. The van der Waals surface area contributed by atoms with Crippen LogP contribution in [-0.2, 0) is 0 Å². The van der Waals surface area contributed by atoms with Crippen LogP contribution in [0.2, 0.25) is 0 Å². The Hall–Kier alpha value is -1.42. The maximum atomic E-state index is 8.57. The highest BCUT2D eigenvalue weighted by Gasteiger charge is 1.91. The SMILES string of the molecule is CN=Nc1ccc(NCCO)cc1. The molecule has 0 amide bonds. The van der Waals surface area contributed by atoms with E-state index in [0.717, 1.165) is 11.4 Å². The molecule has 0 fully saturated rings. The lowest BCUT2D eigenvalue weighted by molar-refractivity contribution is 0.311. The molecule has 1 aromatic rings. The molecule has 0 unspecified atom stereocenters. The second-order valence-electron chi connectivity index (χ2n) is 2.50. The standard InChI is InChI=1S/C9H13N3O/c1-10-12-9-4-2-8(3-5-9)11-6-7-13/h2-5,11,13H,6-7H2,1H3. The van der Waals surface area contributed by atoms with Crippen LogP contribution in [0.15, 0.2) is 34.5 Å². The molecule has 0 spiro atoms. The molecule has 0 bridgehead atoms. The largest absolute Gasteiger partial charge is 0.395 e. The van der Waals surface area contributed by atoms with Crippen LogP contribution in [-0.4, -0.2) is 25.3 Å². The van der Waals surface area contributed by atoms with E-state index in [2.05, 4.69) is 15.5 Å². The van der Waals surface area contributed by atoms with Crippen LogP contribution in [0.3, 0.4) is 0 Å². The molecule has 0 aliphatic heterocycles. The van der Waals surface area contributed by atoms with Crippen molar-refractivity contribution in [3.05, 3.63) is 24.3 Å². The van der Waals surface area contributed by atoms with Crippen molar-refractivity contribution in [2.75, 3.05) is 25.5 Å². The average molecular weight is 179 g/mol. The van der Waals surface area contributed by atoms with Gasteiger partial charge in [0.2, 0.25) is 0 Å². The van der Waals surface area contributed by atoms with Crippen LogP contribution < -0.4 is 5.32 Å². The van der Waals surface area contributed by atoms with Gasteiger partial charge in [-0.05, 0) is 24.3 Å². The van der Waals surface area contributed by atoms with Crippen molar-refractivity contribution < 1.29 is 5.11 Å². The van der Waals surface area contributed by atoms with Gasteiger partial charge in [-0.2, -0.15) is 10.2 Å². The van der Waals surface area contributed by atoms with Crippen LogP contribution in [0, 0.1) is 0 Å². The van der Waals surface area contributed by atoms with Gasteiger partial charge in [-0.1, -0.05) is 0 Å². The van der Waals surface area contributed by atoms with Crippen LogP contribution in [0.4, 0.5) is 11.4 Å². The van der Waals surface area contributed by atoms with E-state index < -0.39 is 0 Å². The van der Waals surface area contributed by atoms with E-state index in [4.69, 9.17) is 5.11 Å². The second kappa shape index (κ2) is 5.27. The summed E-state index contributed by atoms with van der Waals surface area (Å²) in [6, 6.07) is 7.54. The third kappa shape index (κ3) is 3.21. The summed E-state index contributed by atoms with van der Waals surface area (Å²) >= 11 is 0. The van der Waals surface area contributed by atoms with Gasteiger partial charge >= 0.3 is 0 Å². The lowest BCUT2D eigenvalue weighted by Gasteiger charge is -2.03. The van der Waals surface area contributed by atoms with E-state index in [1.54, 1.807) is 7.05 Å². The molecule has 0 saturated heterocycles. The Kier molecular flexibility index (Phi) is 3.92. The number of azo groups is 1. The topological polar surface area (TPSA) is 57.0 Å². The van der Waals surface area contributed by atoms with E-state index in [1.807, 2.05) is 24.3 Å². The van der Waals surface area contributed by atoms with Crippen molar-refractivity contribution in [1.82, 2.24) is 0 Å². The predicted octanol–water partition coefficient (Wildman–Crippen LogP) is 1.80. The number of benzene rings is 1. The van der Waals surface area contributed by atoms with Crippen LogP contribution in [0.25, 0.3) is 0 Å². The Morgan fingerprint density at radius 2 is 2.00 bits per heavy atom. The number of rotatable bonds is 4. The average Bonchev–Trinajstić information content (AvgIpc) is 2.17. The van der Waals surface area contributed by atoms with Crippen LogP contribution in [0.5, 0.6) is 0 Å². The summed E-state index contributed by atoms with van der Waals surface area (Å²) in [6.07, 6.45) is 0. The Morgan fingerprint density at radius 1 is 1.31 bits per heavy atom. The fraction of sp³-hybridized carbons (Fsp3) is 0.333. The predicted molar refractivity (Wildman–Crippen MR) is 52.5 cm³/mol. The summed E-state index contributed by atoms with van der Waals surface area (Å²) in [5, 5.41) is 19.1. The minimum atomic E-state index is 0.135. The van der Waals surface area contributed by atoms with Gasteiger partial charge in [0.15, 0.2) is 0 Å². The van der Waals surface area contributed by atoms with Gasteiger partial charge in [0.25, 0.3) is 0 Å². The second-order valence-corrected chi connectivity index (χ2v) is 2.50. The zero-order valence-electron chi connectivity index (χ0n) is 7.57. The van der Waals surface area contributed by atoms with Crippen LogP contribution in [0.1, 0.15) is 0 Å². The quantitative estimate of drug-likeness (QED) is 0.692. The molecule has 70 valence electrons. The van der Waals surface area contributed by atoms with Gasteiger partial charge in [-0.3, -0.25) is 0 Å². The Balaban J connectivity index is 2.58. The number of hydrogen-bond donors (Lipinski definition) is 2. The molecule has 0 radical (unpaired) electrons. The molecule has 4 heteroatoms. The molecule has 1 aromatic carbocycles. The molecule has 13 heavy (non-hydrogen) atoms. The summed E-state index contributed by atoms with van der Waals surface area (Å²) in [4.78, 5) is 0. The van der Waals surface area contributed by atoms with E-state index in [9.17, 15) is 0 Å². The number of hydrogen-bond acceptors (Lipinski definition) is 4. The number of anilines is 1.